The van der Waals surface area contributed by atoms with Crippen molar-refractivity contribution < 1.29 is 9.59 Å². The lowest BCUT2D eigenvalue weighted by atomic mass is 9.97. The van der Waals surface area contributed by atoms with Crippen molar-refractivity contribution in [1.82, 2.24) is 10.3 Å². The number of benzene rings is 1. The van der Waals surface area contributed by atoms with Gasteiger partial charge in [-0.25, -0.2) is 4.98 Å². The molecule has 2 amide bonds. The second kappa shape index (κ2) is 8.47. The SMILES string of the molecule is CC(=O)NCc1ccc(-c2nc(NC(=O)CC3CCc4ccccc43)sc2C)s1. The topological polar surface area (TPSA) is 71.1 Å². The van der Waals surface area contributed by atoms with Crippen molar-refractivity contribution in [2.45, 2.75) is 45.6 Å². The van der Waals surface area contributed by atoms with E-state index < -0.39 is 0 Å². The molecular formula is C22H23N3O2S2. The number of aromatic nitrogens is 1. The molecule has 4 rings (SSSR count). The standard InChI is InChI=1S/C22H23N3O2S2/c1-13-21(19-10-9-17(29-19)12-23-14(2)26)25-22(28-13)24-20(27)11-16-8-7-15-5-3-4-6-18(15)16/h3-6,9-10,16H,7-8,11-12H2,1-2H3,(H,23,26)(H,24,25,27). The molecule has 0 saturated heterocycles. The van der Waals surface area contributed by atoms with Gasteiger partial charge in [0.25, 0.3) is 0 Å². The summed E-state index contributed by atoms with van der Waals surface area (Å²) in [5.74, 6) is 0.268. The molecule has 0 fully saturated rings. The van der Waals surface area contributed by atoms with Crippen molar-refractivity contribution in [2.24, 2.45) is 0 Å². The van der Waals surface area contributed by atoms with Gasteiger partial charge in [-0.1, -0.05) is 24.3 Å². The summed E-state index contributed by atoms with van der Waals surface area (Å²) in [5.41, 5.74) is 3.57. The van der Waals surface area contributed by atoms with Crippen LogP contribution in [0.2, 0.25) is 0 Å². The zero-order valence-electron chi connectivity index (χ0n) is 16.5. The molecule has 2 N–H and O–H groups in total. The zero-order chi connectivity index (χ0) is 20.4. The Morgan fingerprint density at radius 1 is 1.17 bits per heavy atom. The molecule has 7 heteroatoms. The van der Waals surface area contributed by atoms with Gasteiger partial charge < -0.3 is 10.6 Å². The highest BCUT2D eigenvalue weighted by Gasteiger charge is 2.24. The first-order chi connectivity index (χ1) is 14.0. The van der Waals surface area contributed by atoms with Crippen molar-refractivity contribution in [1.29, 1.82) is 0 Å². The van der Waals surface area contributed by atoms with Crippen LogP contribution in [-0.2, 0) is 22.6 Å². The maximum absolute atomic E-state index is 12.6. The third kappa shape index (κ3) is 4.57. The summed E-state index contributed by atoms with van der Waals surface area (Å²) < 4.78 is 0. The normalized spacial score (nSPS) is 15.2. The number of fused-ring (bicyclic) bond motifs is 1. The molecule has 0 bridgehead atoms. The Morgan fingerprint density at radius 3 is 2.83 bits per heavy atom. The highest BCUT2D eigenvalue weighted by molar-refractivity contribution is 7.18. The number of aryl methyl sites for hydroxylation is 2. The first-order valence-corrected chi connectivity index (χ1v) is 11.3. The van der Waals surface area contributed by atoms with Crippen LogP contribution in [-0.4, -0.2) is 16.8 Å². The maximum atomic E-state index is 12.6. The van der Waals surface area contributed by atoms with Crippen LogP contribution in [0.1, 0.15) is 46.6 Å². The molecule has 1 unspecified atom stereocenters. The van der Waals surface area contributed by atoms with Gasteiger partial charge in [-0.15, -0.1) is 22.7 Å². The summed E-state index contributed by atoms with van der Waals surface area (Å²) in [7, 11) is 0. The molecule has 3 aromatic rings. The Bertz CT molecular complexity index is 1050. The van der Waals surface area contributed by atoms with E-state index in [0.29, 0.717) is 24.0 Å². The van der Waals surface area contributed by atoms with Gasteiger partial charge in [0.2, 0.25) is 11.8 Å². The van der Waals surface area contributed by atoms with Crippen LogP contribution >= 0.6 is 22.7 Å². The van der Waals surface area contributed by atoms with Crippen LogP contribution in [0.15, 0.2) is 36.4 Å². The number of nitrogens with zero attached hydrogens (tertiary/aromatic N) is 1. The summed E-state index contributed by atoms with van der Waals surface area (Å²) in [4.78, 5) is 31.5. The predicted octanol–water partition coefficient (Wildman–Crippen LogP) is 4.87. The monoisotopic (exact) mass is 425 g/mol. The van der Waals surface area contributed by atoms with E-state index in [0.717, 1.165) is 33.2 Å². The summed E-state index contributed by atoms with van der Waals surface area (Å²) in [6.07, 6.45) is 2.57. The average molecular weight is 426 g/mol. The van der Waals surface area contributed by atoms with Gasteiger partial charge in [-0.05, 0) is 48.9 Å². The molecule has 0 aliphatic heterocycles. The molecule has 1 aliphatic carbocycles. The third-order valence-corrected chi connectivity index (χ3v) is 7.12. The fraction of sp³-hybridized carbons (Fsp3) is 0.318. The number of hydrogen-bond donors (Lipinski definition) is 2. The van der Waals surface area contributed by atoms with Crippen molar-refractivity contribution in [3.8, 4) is 10.6 Å². The number of rotatable bonds is 6. The van der Waals surface area contributed by atoms with Gasteiger partial charge in [0.15, 0.2) is 5.13 Å². The van der Waals surface area contributed by atoms with Gasteiger partial charge >= 0.3 is 0 Å². The van der Waals surface area contributed by atoms with E-state index in [1.165, 1.54) is 29.4 Å². The van der Waals surface area contributed by atoms with Gasteiger partial charge in [0, 0.05) is 23.1 Å². The number of thiophene rings is 1. The molecule has 1 atom stereocenters. The smallest absolute Gasteiger partial charge is 0.226 e. The molecule has 2 heterocycles. The summed E-state index contributed by atoms with van der Waals surface area (Å²) in [5, 5.41) is 6.45. The fourth-order valence-electron chi connectivity index (χ4n) is 3.74. The van der Waals surface area contributed by atoms with E-state index >= 15 is 0 Å². The Labute approximate surface area is 178 Å². The quantitative estimate of drug-likeness (QED) is 0.592. The molecule has 0 spiro atoms. The first-order valence-electron chi connectivity index (χ1n) is 9.68. The highest BCUT2D eigenvalue weighted by Crippen LogP contribution is 2.37. The molecular weight excluding hydrogens is 402 g/mol. The van der Waals surface area contributed by atoms with Crippen LogP contribution in [0.4, 0.5) is 5.13 Å². The zero-order valence-corrected chi connectivity index (χ0v) is 18.1. The van der Waals surface area contributed by atoms with Crippen LogP contribution in [0, 0.1) is 6.92 Å². The second-order valence-corrected chi connectivity index (χ2v) is 9.66. The minimum Gasteiger partial charge on any atom is -0.351 e. The third-order valence-electron chi connectivity index (χ3n) is 5.14. The number of hydrogen-bond acceptors (Lipinski definition) is 5. The lowest BCUT2D eigenvalue weighted by Crippen LogP contribution is -2.17. The highest BCUT2D eigenvalue weighted by atomic mass is 32.1. The molecule has 5 nitrogen and oxygen atoms in total. The molecule has 29 heavy (non-hydrogen) atoms. The summed E-state index contributed by atoms with van der Waals surface area (Å²) >= 11 is 3.11. The Hall–Kier alpha value is -2.51. The van der Waals surface area contributed by atoms with Crippen molar-refractivity contribution >= 4 is 39.6 Å². The van der Waals surface area contributed by atoms with E-state index in [1.54, 1.807) is 11.3 Å². The number of anilines is 1. The largest absolute Gasteiger partial charge is 0.351 e. The summed E-state index contributed by atoms with van der Waals surface area (Å²) in [6.45, 7) is 4.05. The van der Waals surface area contributed by atoms with Crippen LogP contribution in [0.3, 0.4) is 0 Å². The van der Waals surface area contributed by atoms with Crippen molar-refractivity contribution in [3.05, 3.63) is 57.3 Å². The van der Waals surface area contributed by atoms with Gasteiger partial charge in [0.05, 0.1) is 17.1 Å². The fourth-order valence-corrected chi connectivity index (χ4v) is 5.64. The summed E-state index contributed by atoms with van der Waals surface area (Å²) in [6, 6.07) is 12.4. The van der Waals surface area contributed by atoms with Crippen LogP contribution < -0.4 is 10.6 Å². The van der Waals surface area contributed by atoms with Gasteiger partial charge in [0.1, 0.15) is 0 Å². The van der Waals surface area contributed by atoms with E-state index in [9.17, 15) is 9.59 Å². The van der Waals surface area contributed by atoms with E-state index in [-0.39, 0.29) is 11.8 Å². The number of nitrogens with one attached hydrogen (secondary N) is 2. The molecule has 0 radical (unpaired) electrons. The molecule has 1 aromatic carbocycles. The first kappa shape index (κ1) is 19.8. The molecule has 2 aromatic heterocycles. The van der Waals surface area contributed by atoms with Crippen LogP contribution in [0.5, 0.6) is 0 Å². The minimum atomic E-state index is -0.0420. The number of amides is 2. The maximum Gasteiger partial charge on any atom is 0.226 e. The van der Waals surface area contributed by atoms with E-state index in [2.05, 4.69) is 33.8 Å². The Kier molecular flexibility index (Phi) is 5.78. The molecule has 1 aliphatic rings. The van der Waals surface area contributed by atoms with Gasteiger partial charge in [-0.2, -0.15) is 0 Å². The Morgan fingerprint density at radius 2 is 2.00 bits per heavy atom. The lowest BCUT2D eigenvalue weighted by molar-refractivity contribution is -0.119. The molecule has 150 valence electrons. The number of carbonyl (C=O) groups excluding carboxylic acids is 2. The van der Waals surface area contributed by atoms with E-state index in [4.69, 9.17) is 0 Å². The lowest BCUT2D eigenvalue weighted by Gasteiger charge is -2.10. The molecule has 0 saturated carbocycles. The van der Waals surface area contributed by atoms with Gasteiger partial charge in [-0.3, -0.25) is 9.59 Å². The minimum absolute atomic E-state index is 0.0181. The van der Waals surface area contributed by atoms with Crippen molar-refractivity contribution in [3.63, 3.8) is 0 Å². The second-order valence-electron chi connectivity index (χ2n) is 7.29. The number of carbonyl (C=O) groups is 2. The van der Waals surface area contributed by atoms with E-state index in [1.807, 2.05) is 25.1 Å². The van der Waals surface area contributed by atoms with Crippen molar-refractivity contribution in [2.75, 3.05) is 5.32 Å². The van der Waals surface area contributed by atoms with Crippen LogP contribution in [0.25, 0.3) is 10.6 Å². The average Bonchev–Trinajstić information content (AvgIpc) is 3.39. The number of thiazole rings is 1. The predicted molar refractivity (Wildman–Crippen MR) is 118 cm³/mol. The Balaban J connectivity index is 1.41.